The van der Waals surface area contributed by atoms with Crippen LogP contribution < -0.4 is 11.5 Å². The third kappa shape index (κ3) is 2.66. The lowest BCUT2D eigenvalue weighted by molar-refractivity contribution is 0.100. The fourth-order valence-corrected chi connectivity index (χ4v) is 3.90. The normalized spacial score (nSPS) is 20.0. The molecule has 1 aromatic rings. The number of carbonyl (C=O) groups excluding carboxylic acids is 1. The number of hydrogen-bond acceptors (Lipinski definition) is 4. The minimum atomic E-state index is -3.61. The Morgan fingerprint density at radius 1 is 1.40 bits per heavy atom. The standard InChI is InChI=1S/C12H15N3O4S/c1-6-2-7-3-8(16)5-20(18,19)10(7)4-9(6)11(17)15-12(13)14/h2,4,8,16H,3,5H2,1H3,(H4,13,14,15,17). The molecular weight excluding hydrogens is 282 g/mol. The van der Waals surface area contributed by atoms with Crippen LogP contribution in [-0.4, -0.2) is 37.2 Å². The molecule has 0 aliphatic carbocycles. The van der Waals surface area contributed by atoms with Crippen molar-refractivity contribution in [2.75, 3.05) is 5.75 Å². The number of amides is 1. The number of rotatable bonds is 1. The number of sulfone groups is 1. The molecule has 0 aromatic heterocycles. The second kappa shape index (κ2) is 4.88. The summed E-state index contributed by atoms with van der Waals surface area (Å²) in [6, 6.07) is 2.85. The maximum atomic E-state index is 12.0. The topological polar surface area (TPSA) is 136 Å². The second-order valence-corrected chi connectivity index (χ2v) is 6.76. The monoisotopic (exact) mass is 297 g/mol. The van der Waals surface area contributed by atoms with E-state index in [2.05, 4.69) is 4.99 Å². The van der Waals surface area contributed by atoms with Crippen molar-refractivity contribution in [1.29, 1.82) is 0 Å². The maximum absolute atomic E-state index is 12.0. The number of aryl methyl sites for hydroxylation is 1. The zero-order valence-corrected chi connectivity index (χ0v) is 11.6. The molecule has 108 valence electrons. The highest BCUT2D eigenvalue weighted by molar-refractivity contribution is 7.91. The molecule has 0 saturated heterocycles. The Balaban J connectivity index is 2.61. The van der Waals surface area contributed by atoms with E-state index >= 15 is 0 Å². The van der Waals surface area contributed by atoms with Crippen LogP contribution in [0.3, 0.4) is 0 Å². The van der Waals surface area contributed by atoms with Crippen LogP contribution >= 0.6 is 0 Å². The van der Waals surface area contributed by atoms with Crippen LogP contribution in [0, 0.1) is 6.92 Å². The van der Waals surface area contributed by atoms with E-state index in [1.165, 1.54) is 6.07 Å². The Morgan fingerprint density at radius 2 is 2.05 bits per heavy atom. The number of aliphatic hydroxyl groups is 1. The lowest BCUT2D eigenvalue weighted by atomic mass is 10.0. The van der Waals surface area contributed by atoms with E-state index in [1.54, 1.807) is 13.0 Å². The van der Waals surface area contributed by atoms with Gasteiger partial charge in [-0.25, -0.2) is 8.42 Å². The van der Waals surface area contributed by atoms with Gasteiger partial charge in [-0.3, -0.25) is 4.79 Å². The van der Waals surface area contributed by atoms with E-state index in [1.807, 2.05) is 0 Å². The number of benzene rings is 1. The van der Waals surface area contributed by atoms with Crippen LogP contribution in [0.2, 0.25) is 0 Å². The summed E-state index contributed by atoms with van der Waals surface area (Å²) in [6.07, 6.45) is -0.683. The van der Waals surface area contributed by atoms with Gasteiger partial charge in [0.25, 0.3) is 5.91 Å². The number of carbonyl (C=O) groups is 1. The van der Waals surface area contributed by atoms with Crippen molar-refractivity contribution in [2.45, 2.75) is 24.3 Å². The molecule has 0 fully saturated rings. The summed E-state index contributed by atoms with van der Waals surface area (Å²) in [6.45, 7) is 1.66. The first-order chi connectivity index (χ1) is 9.20. The third-order valence-corrected chi connectivity index (χ3v) is 4.94. The number of fused-ring (bicyclic) bond motifs is 1. The van der Waals surface area contributed by atoms with Gasteiger partial charge in [-0.15, -0.1) is 0 Å². The molecule has 7 nitrogen and oxygen atoms in total. The second-order valence-electron chi connectivity index (χ2n) is 4.76. The van der Waals surface area contributed by atoms with Crippen LogP contribution in [0.5, 0.6) is 0 Å². The van der Waals surface area contributed by atoms with Crippen LogP contribution in [0.15, 0.2) is 22.0 Å². The molecule has 1 aliphatic rings. The van der Waals surface area contributed by atoms with Gasteiger partial charge in [0.1, 0.15) is 0 Å². The van der Waals surface area contributed by atoms with Crippen molar-refractivity contribution < 1.29 is 18.3 Å². The first-order valence-corrected chi connectivity index (χ1v) is 7.54. The Morgan fingerprint density at radius 3 is 2.65 bits per heavy atom. The van der Waals surface area contributed by atoms with Crippen LogP contribution in [0.4, 0.5) is 0 Å². The zero-order chi connectivity index (χ0) is 15.1. The average molecular weight is 297 g/mol. The van der Waals surface area contributed by atoms with Gasteiger partial charge in [-0.2, -0.15) is 4.99 Å². The number of nitrogens with two attached hydrogens (primary N) is 2. The van der Waals surface area contributed by atoms with Gasteiger partial charge in [0.2, 0.25) is 0 Å². The van der Waals surface area contributed by atoms with Gasteiger partial charge in [0.15, 0.2) is 15.8 Å². The maximum Gasteiger partial charge on any atom is 0.280 e. The highest BCUT2D eigenvalue weighted by atomic mass is 32.2. The predicted octanol–water partition coefficient (Wildman–Crippen LogP) is -0.901. The lowest BCUT2D eigenvalue weighted by Crippen LogP contribution is -2.30. The van der Waals surface area contributed by atoms with Crippen molar-refractivity contribution in [1.82, 2.24) is 0 Å². The quantitative estimate of drug-likeness (QED) is 0.454. The summed E-state index contributed by atoms with van der Waals surface area (Å²) in [7, 11) is -3.61. The van der Waals surface area contributed by atoms with Gasteiger partial charge in [-0.1, -0.05) is 6.07 Å². The number of hydrogen-bond donors (Lipinski definition) is 3. The summed E-state index contributed by atoms with van der Waals surface area (Å²) in [5.41, 5.74) is 11.5. The van der Waals surface area contributed by atoms with Crippen molar-refractivity contribution in [3.63, 3.8) is 0 Å². The first kappa shape index (κ1) is 14.5. The molecule has 8 heteroatoms. The minimum Gasteiger partial charge on any atom is -0.392 e. The summed E-state index contributed by atoms with van der Waals surface area (Å²) in [5.74, 6) is -1.42. The number of aliphatic imine (C=N–C) groups is 1. The lowest BCUT2D eigenvalue weighted by Gasteiger charge is -2.22. The smallest absolute Gasteiger partial charge is 0.280 e. The van der Waals surface area contributed by atoms with Crippen molar-refractivity contribution in [3.05, 3.63) is 28.8 Å². The number of guanidine groups is 1. The average Bonchev–Trinajstić information content (AvgIpc) is 2.24. The number of aliphatic hydroxyl groups excluding tert-OH is 1. The molecule has 0 radical (unpaired) electrons. The van der Waals surface area contributed by atoms with Gasteiger partial charge in [0.05, 0.1) is 16.8 Å². The summed E-state index contributed by atoms with van der Waals surface area (Å²) in [4.78, 5) is 15.3. The van der Waals surface area contributed by atoms with Crippen molar-refractivity contribution >= 4 is 21.7 Å². The first-order valence-electron chi connectivity index (χ1n) is 5.89. The van der Waals surface area contributed by atoms with E-state index in [0.29, 0.717) is 11.1 Å². The Hall–Kier alpha value is -1.93. The van der Waals surface area contributed by atoms with Crippen LogP contribution in [-0.2, 0) is 16.3 Å². The van der Waals surface area contributed by atoms with Gasteiger partial charge in [-0.05, 0) is 24.1 Å². The fourth-order valence-electron chi connectivity index (χ4n) is 2.26. The minimum absolute atomic E-state index is 0.0579. The summed E-state index contributed by atoms with van der Waals surface area (Å²) >= 11 is 0. The molecule has 1 atom stereocenters. The molecule has 20 heavy (non-hydrogen) atoms. The molecule has 0 saturated carbocycles. The molecular formula is C12H15N3O4S. The van der Waals surface area contributed by atoms with Gasteiger partial charge >= 0.3 is 0 Å². The molecule has 2 rings (SSSR count). The Kier molecular flexibility index (Phi) is 3.53. The predicted molar refractivity (Wildman–Crippen MR) is 73.1 cm³/mol. The largest absolute Gasteiger partial charge is 0.392 e. The third-order valence-electron chi connectivity index (χ3n) is 3.07. The molecule has 1 aromatic carbocycles. The van der Waals surface area contributed by atoms with E-state index in [0.717, 1.165) is 0 Å². The zero-order valence-electron chi connectivity index (χ0n) is 10.8. The number of nitrogens with zero attached hydrogens (tertiary/aromatic N) is 1. The van der Waals surface area contributed by atoms with Crippen molar-refractivity contribution in [3.8, 4) is 0 Å². The highest BCUT2D eigenvalue weighted by Gasteiger charge is 2.30. The van der Waals surface area contributed by atoms with E-state index < -0.39 is 21.8 Å². The van der Waals surface area contributed by atoms with E-state index in [9.17, 15) is 18.3 Å². The molecule has 0 spiro atoms. The summed E-state index contributed by atoms with van der Waals surface area (Å²) in [5, 5.41) is 9.58. The molecule has 1 heterocycles. The molecule has 1 unspecified atom stereocenters. The molecule has 5 N–H and O–H groups in total. The van der Waals surface area contributed by atoms with E-state index in [-0.39, 0.29) is 28.6 Å². The van der Waals surface area contributed by atoms with Crippen molar-refractivity contribution in [2.24, 2.45) is 16.5 Å². The SMILES string of the molecule is Cc1cc2c(cc1C(=O)N=C(N)N)S(=O)(=O)CC(O)C2. The van der Waals surface area contributed by atoms with E-state index in [4.69, 9.17) is 11.5 Å². The molecule has 0 bridgehead atoms. The highest BCUT2D eigenvalue weighted by Crippen LogP contribution is 2.28. The molecule has 1 amide bonds. The molecule has 1 aliphatic heterocycles. The van der Waals surface area contributed by atoms with Crippen LogP contribution in [0.1, 0.15) is 21.5 Å². The fraction of sp³-hybridized carbons (Fsp3) is 0.333. The van der Waals surface area contributed by atoms with Gasteiger partial charge < -0.3 is 16.6 Å². The van der Waals surface area contributed by atoms with Crippen LogP contribution in [0.25, 0.3) is 0 Å². The van der Waals surface area contributed by atoms with Gasteiger partial charge in [0, 0.05) is 12.0 Å². The Bertz CT molecular complexity index is 706. The summed E-state index contributed by atoms with van der Waals surface area (Å²) < 4.78 is 24.1. The Labute approximate surface area is 116 Å².